The van der Waals surface area contributed by atoms with Gasteiger partial charge in [0.05, 0.1) is 18.2 Å². The largest absolute Gasteiger partial charge is 0.522 e. The van der Waals surface area contributed by atoms with Crippen LogP contribution in [-0.4, -0.2) is 26.6 Å². The van der Waals surface area contributed by atoms with E-state index in [-0.39, 0.29) is 6.54 Å². The zero-order valence-electron chi connectivity index (χ0n) is 9.16. The monoisotopic (exact) mass is 244 g/mol. The van der Waals surface area contributed by atoms with E-state index < -0.39 is 13.0 Å². The maximum atomic E-state index is 11.7. The van der Waals surface area contributed by atoms with Gasteiger partial charge in [0.2, 0.25) is 0 Å². The topological polar surface area (TPSA) is 36.3 Å². The van der Waals surface area contributed by atoms with Gasteiger partial charge in [-0.25, -0.2) is 0 Å². The molecule has 0 aliphatic heterocycles. The van der Waals surface area contributed by atoms with E-state index in [1.807, 2.05) is 6.07 Å². The number of alkyl halides is 3. The van der Waals surface area contributed by atoms with Crippen LogP contribution in [0.2, 0.25) is 0 Å². The van der Waals surface area contributed by atoms with Crippen molar-refractivity contribution in [2.75, 3.05) is 25.1 Å². The SMILES string of the molecule is CN(CCOC(F)(F)F)c1ccc(C#N)cc1. The highest BCUT2D eigenvalue weighted by atomic mass is 19.4. The quantitative estimate of drug-likeness (QED) is 0.816. The molecule has 0 N–H and O–H groups in total. The maximum absolute atomic E-state index is 11.7. The summed E-state index contributed by atoms with van der Waals surface area (Å²) in [5.41, 5.74) is 1.24. The highest BCUT2D eigenvalue weighted by Gasteiger charge is 2.28. The Morgan fingerprint density at radius 1 is 1.29 bits per heavy atom. The van der Waals surface area contributed by atoms with Gasteiger partial charge >= 0.3 is 6.36 Å². The van der Waals surface area contributed by atoms with Gasteiger partial charge in [-0.3, -0.25) is 4.74 Å². The molecule has 0 heterocycles. The van der Waals surface area contributed by atoms with Gasteiger partial charge in [-0.2, -0.15) is 5.26 Å². The summed E-state index contributed by atoms with van der Waals surface area (Å²) in [6.45, 7) is -0.314. The first-order valence-corrected chi connectivity index (χ1v) is 4.84. The van der Waals surface area contributed by atoms with Crippen LogP contribution in [0.3, 0.4) is 0 Å². The molecule has 1 aromatic rings. The first-order valence-electron chi connectivity index (χ1n) is 4.84. The number of hydrogen-bond donors (Lipinski definition) is 0. The Bertz CT molecular complexity index is 395. The van der Waals surface area contributed by atoms with Crippen molar-refractivity contribution in [3.8, 4) is 6.07 Å². The number of hydrogen-bond acceptors (Lipinski definition) is 3. The molecule has 0 radical (unpaired) electrons. The van der Waals surface area contributed by atoms with Gasteiger partial charge in [0.15, 0.2) is 0 Å². The molecule has 0 amide bonds. The molecule has 0 saturated heterocycles. The Kier molecular flexibility index (Phi) is 4.35. The third-order valence-corrected chi connectivity index (χ3v) is 2.13. The zero-order valence-corrected chi connectivity index (χ0v) is 9.16. The number of benzene rings is 1. The molecule has 0 fully saturated rings. The number of rotatable bonds is 4. The van der Waals surface area contributed by atoms with Gasteiger partial charge in [-0.15, -0.1) is 13.2 Å². The Balaban J connectivity index is 2.47. The minimum atomic E-state index is -4.59. The lowest BCUT2D eigenvalue weighted by Gasteiger charge is -2.19. The van der Waals surface area contributed by atoms with Crippen molar-refractivity contribution >= 4 is 5.69 Å². The zero-order chi connectivity index (χ0) is 12.9. The lowest BCUT2D eigenvalue weighted by Crippen LogP contribution is -2.26. The fourth-order valence-electron chi connectivity index (χ4n) is 1.22. The highest BCUT2D eigenvalue weighted by molar-refractivity contribution is 5.48. The molecule has 0 unspecified atom stereocenters. The molecule has 0 saturated carbocycles. The molecule has 0 bridgehead atoms. The summed E-state index contributed by atoms with van der Waals surface area (Å²) in [6.07, 6.45) is -4.59. The maximum Gasteiger partial charge on any atom is 0.522 e. The van der Waals surface area contributed by atoms with Gasteiger partial charge in [0, 0.05) is 19.3 Å². The second kappa shape index (κ2) is 5.55. The van der Waals surface area contributed by atoms with Crippen LogP contribution in [0.1, 0.15) is 5.56 Å². The normalized spacial score (nSPS) is 11.0. The average molecular weight is 244 g/mol. The van der Waals surface area contributed by atoms with Crippen molar-refractivity contribution in [3.63, 3.8) is 0 Å². The molecular formula is C11H11F3N2O. The number of anilines is 1. The Hall–Kier alpha value is -1.74. The van der Waals surface area contributed by atoms with Crippen LogP contribution in [0.4, 0.5) is 18.9 Å². The Morgan fingerprint density at radius 3 is 2.35 bits per heavy atom. The fourth-order valence-corrected chi connectivity index (χ4v) is 1.22. The molecule has 0 aromatic heterocycles. The van der Waals surface area contributed by atoms with Crippen molar-refractivity contribution in [1.82, 2.24) is 0 Å². The molecule has 17 heavy (non-hydrogen) atoms. The summed E-state index contributed by atoms with van der Waals surface area (Å²) in [5.74, 6) is 0. The third kappa shape index (κ3) is 4.74. The summed E-state index contributed by atoms with van der Waals surface area (Å²) in [7, 11) is 1.65. The second-order valence-electron chi connectivity index (χ2n) is 3.37. The van der Waals surface area contributed by atoms with E-state index in [2.05, 4.69) is 4.74 Å². The minimum absolute atomic E-state index is 0.116. The van der Waals surface area contributed by atoms with E-state index in [1.165, 1.54) is 0 Å². The van der Waals surface area contributed by atoms with E-state index in [1.54, 1.807) is 36.2 Å². The average Bonchev–Trinajstić information content (AvgIpc) is 2.27. The second-order valence-corrected chi connectivity index (χ2v) is 3.37. The number of likely N-dealkylation sites (N-methyl/N-ethyl adjacent to an activating group) is 1. The standard InChI is InChI=1S/C11H11F3N2O/c1-16(6-7-17-11(12,13)14)10-4-2-9(8-15)3-5-10/h2-5H,6-7H2,1H3. The lowest BCUT2D eigenvalue weighted by molar-refractivity contribution is -0.323. The molecule has 0 aliphatic carbocycles. The fraction of sp³-hybridized carbons (Fsp3) is 0.364. The molecule has 1 aromatic carbocycles. The number of nitrogens with zero attached hydrogens (tertiary/aromatic N) is 2. The number of halogens is 3. The molecule has 6 heteroatoms. The summed E-state index contributed by atoms with van der Waals surface area (Å²) in [4.78, 5) is 1.62. The van der Waals surface area contributed by atoms with E-state index in [9.17, 15) is 13.2 Å². The number of nitriles is 1. The smallest absolute Gasteiger partial charge is 0.372 e. The highest BCUT2D eigenvalue weighted by Crippen LogP contribution is 2.17. The van der Waals surface area contributed by atoms with Crippen molar-refractivity contribution in [1.29, 1.82) is 5.26 Å². The first-order chi connectivity index (χ1) is 7.92. The molecule has 92 valence electrons. The first kappa shape index (κ1) is 13.3. The van der Waals surface area contributed by atoms with Crippen LogP contribution in [0.25, 0.3) is 0 Å². The summed E-state index contributed by atoms with van der Waals surface area (Å²) < 4.78 is 38.9. The molecular weight excluding hydrogens is 233 g/mol. The van der Waals surface area contributed by atoms with Crippen LogP contribution >= 0.6 is 0 Å². The predicted octanol–water partition coefficient (Wildman–Crippen LogP) is 2.53. The molecule has 3 nitrogen and oxygen atoms in total. The van der Waals surface area contributed by atoms with Gasteiger partial charge in [-0.1, -0.05) is 0 Å². The molecule has 0 atom stereocenters. The van der Waals surface area contributed by atoms with Crippen molar-refractivity contribution in [2.24, 2.45) is 0 Å². The Labute approximate surface area is 97.0 Å². The van der Waals surface area contributed by atoms with Crippen molar-refractivity contribution in [2.45, 2.75) is 6.36 Å². The van der Waals surface area contributed by atoms with Crippen LogP contribution in [0.15, 0.2) is 24.3 Å². The van der Waals surface area contributed by atoms with E-state index in [0.717, 1.165) is 5.69 Å². The predicted molar refractivity (Wildman–Crippen MR) is 56.4 cm³/mol. The third-order valence-electron chi connectivity index (χ3n) is 2.13. The Morgan fingerprint density at radius 2 is 1.88 bits per heavy atom. The van der Waals surface area contributed by atoms with E-state index in [0.29, 0.717) is 5.56 Å². The van der Waals surface area contributed by atoms with Gasteiger partial charge in [-0.05, 0) is 24.3 Å². The summed E-state index contributed by atoms with van der Waals surface area (Å²) in [5, 5.41) is 8.59. The minimum Gasteiger partial charge on any atom is -0.372 e. The van der Waals surface area contributed by atoms with Crippen molar-refractivity contribution in [3.05, 3.63) is 29.8 Å². The van der Waals surface area contributed by atoms with Crippen molar-refractivity contribution < 1.29 is 17.9 Å². The van der Waals surface area contributed by atoms with Gasteiger partial charge in [0.1, 0.15) is 0 Å². The summed E-state index contributed by atoms with van der Waals surface area (Å²) >= 11 is 0. The summed E-state index contributed by atoms with van der Waals surface area (Å²) in [6, 6.07) is 8.52. The van der Waals surface area contributed by atoms with E-state index >= 15 is 0 Å². The molecule has 0 aliphatic rings. The van der Waals surface area contributed by atoms with Gasteiger partial charge < -0.3 is 4.90 Å². The van der Waals surface area contributed by atoms with Crippen LogP contribution < -0.4 is 4.90 Å². The van der Waals surface area contributed by atoms with Crippen LogP contribution in [-0.2, 0) is 4.74 Å². The lowest BCUT2D eigenvalue weighted by atomic mass is 10.2. The van der Waals surface area contributed by atoms with Crippen LogP contribution in [0.5, 0.6) is 0 Å². The van der Waals surface area contributed by atoms with Crippen LogP contribution in [0, 0.1) is 11.3 Å². The number of ether oxygens (including phenoxy) is 1. The molecule has 0 spiro atoms. The van der Waals surface area contributed by atoms with Gasteiger partial charge in [0.25, 0.3) is 0 Å². The molecule has 1 rings (SSSR count). The van der Waals surface area contributed by atoms with E-state index in [4.69, 9.17) is 5.26 Å².